The molecule has 0 bridgehead atoms. The maximum atomic E-state index is 5.66. The molecular formula is C8H9ClN2. The van der Waals surface area contributed by atoms with Gasteiger partial charge in [-0.25, -0.2) is 4.98 Å². The Morgan fingerprint density at radius 2 is 2.45 bits per heavy atom. The summed E-state index contributed by atoms with van der Waals surface area (Å²) in [6.07, 6.45) is 3.28. The first-order chi connectivity index (χ1) is 5.24. The first-order valence-corrected chi connectivity index (χ1v) is 3.61. The van der Waals surface area contributed by atoms with E-state index in [1.807, 2.05) is 6.07 Å². The van der Waals surface area contributed by atoms with E-state index in [-0.39, 0.29) is 6.04 Å². The highest BCUT2D eigenvalue weighted by Crippen LogP contribution is 2.13. The maximum absolute atomic E-state index is 5.66. The molecular weight excluding hydrogens is 160 g/mol. The lowest BCUT2D eigenvalue weighted by Gasteiger charge is -2.04. The van der Waals surface area contributed by atoms with Crippen LogP contribution < -0.4 is 5.73 Å². The molecule has 0 aliphatic rings. The lowest BCUT2D eigenvalue weighted by atomic mass is 10.1. The molecule has 0 radical (unpaired) electrons. The van der Waals surface area contributed by atoms with Gasteiger partial charge in [0.2, 0.25) is 0 Å². The quantitative estimate of drug-likeness (QED) is 0.541. The SMILES string of the molecule is C=CC(N)c1ccnc(Cl)c1. The normalized spacial score (nSPS) is 12.5. The Balaban J connectivity index is 2.95. The van der Waals surface area contributed by atoms with Crippen molar-refractivity contribution >= 4 is 11.6 Å². The van der Waals surface area contributed by atoms with Gasteiger partial charge < -0.3 is 5.73 Å². The molecule has 1 atom stereocenters. The highest BCUT2D eigenvalue weighted by atomic mass is 35.5. The molecule has 11 heavy (non-hydrogen) atoms. The van der Waals surface area contributed by atoms with Crippen LogP contribution in [0, 0.1) is 0 Å². The summed E-state index contributed by atoms with van der Waals surface area (Å²) < 4.78 is 0. The van der Waals surface area contributed by atoms with Crippen molar-refractivity contribution in [3.63, 3.8) is 0 Å². The number of pyridine rings is 1. The average molecular weight is 169 g/mol. The standard InChI is InChI=1S/C8H9ClN2/c1-2-7(10)6-3-4-11-8(9)5-6/h2-5,7H,1,10H2. The van der Waals surface area contributed by atoms with Crippen LogP contribution in [0.5, 0.6) is 0 Å². The number of hydrogen-bond acceptors (Lipinski definition) is 2. The van der Waals surface area contributed by atoms with Crippen LogP contribution >= 0.6 is 11.6 Å². The Morgan fingerprint density at radius 1 is 1.73 bits per heavy atom. The van der Waals surface area contributed by atoms with E-state index in [2.05, 4.69) is 11.6 Å². The van der Waals surface area contributed by atoms with Crippen molar-refractivity contribution in [1.29, 1.82) is 0 Å². The summed E-state index contributed by atoms with van der Waals surface area (Å²) in [5, 5.41) is 0.458. The van der Waals surface area contributed by atoms with Crippen molar-refractivity contribution in [2.24, 2.45) is 5.73 Å². The third kappa shape index (κ3) is 2.03. The first-order valence-electron chi connectivity index (χ1n) is 3.23. The minimum absolute atomic E-state index is 0.157. The van der Waals surface area contributed by atoms with Crippen LogP contribution in [0.3, 0.4) is 0 Å². The van der Waals surface area contributed by atoms with E-state index in [4.69, 9.17) is 17.3 Å². The fourth-order valence-electron chi connectivity index (χ4n) is 0.761. The number of halogens is 1. The van der Waals surface area contributed by atoms with Crippen molar-refractivity contribution in [1.82, 2.24) is 4.98 Å². The zero-order valence-electron chi connectivity index (χ0n) is 6.00. The molecule has 2 nitrogen and oxygen atoms in total. The van der Waals surface area contributed by atoms with Gasteiger partial charge in [-0.2, -0.15) is 0 Å². The minimum atomic E-state index is -0.157. The molecule has 0 aromatic carbocycles. The molecule has 1 heterocycles. The topological polar surface area (TPSA) is 38.9 Å². The Labute approximate surface area is 70.7 Å². The summed E-state index contributed by atoms with van der Waals surface area (Å²) in [7, 11) is 0. The Hall–Kier alpha value is -0.860. The zero-order chi connectivity index (χ0) is 8.27. The van der Waals surface area contributed by atoms with Crippen molar-refractivity contribution in [2.45, 2.75) is 6.04 Å². The number of nitrogens with two attached hydrogens (primary N) is 1. The van der Waals surface area contributed by atoms with Gasteiger partial charge >= 0.3 is 0 Å². The van der Waals surface area contributed by atoms with Gasteiger partial charge in [-0.05, 0) is 17.7 Å². The highest BCUT2D eigenvalue weighted by Gasteiger charge is 2.00. The fourth-order valence-corrected chi connectivity index (χ4v) is 0.943. The molecule has 2 N–H and O–H groups in total. The van der Waals surface area contributed by atoms with E-state index in [0.717, 1.165) is 5.56 Å². The van der Waals surface area contributed by atoms with Gasteiger partial charge in [0.05, 0.1) is 0 Å². The average Bonchev–Trinajstić information content (AvgIpc) is 2.03. The molecule has 0 saturated carbocycles. The van der Waals surface area contributed by atoms with Gasteiger partial charge in [0, 0.05) is 12.2 Å². The van der Waals surface area contributed by atoms with Gasteiger partial charge in [-0.15, -0.1) is 6.58 Å². The smallest absolute Gasteiger partial charge is 0.129 e. The van der Waals surface area contributed by atoms with Gasteiger partial charge in [0.25, 0.3) is 0 Å². The summed E-state index contributed by atoms with van der Waals surface area (Å²) in [6.45, 7) is 3.58. The Morgan fingerprint density at radius 3 is 3.00 bits per heavy atom. The van der Waals surface area contributed by atoms with Crippen LogP contribution in [0.4, 0.5) is 0 Å². The van der Waals surface area contributed by atoms with Crippen molar-refractivity contribution < 1.29 is 0 Å². The molecule has 3 heteroatoms. The van der Waals surface area contributed by atoms with E-state index < -0.39 is 0 Å². The second-order valence-corrected chi connectivity index (χ2v) is 2.56. The highest BCUT2D eigenvalue weighted by molar-refractivity contribution is 6.29. The summed E-state index contributed by atoms with van der Waals surface area (Å²) in [6, 6.07) is 3.39. The third-order valence-corrected chi connectivity index (χ3v) is 1.60. The number of aromatic nitrogens is 1. The Bertz CT molecular complexity index is 260. The second kappa shape index (κ2) is 3.51. The molecule has 0 saturated heterocycles. The van der Waals surface area contributed by atoms with Crippen LogP contribution in [-0.4, -0.2) is 4.98 Å². The van der Waals surface area contributed by atoms with E-state index in [1.54, 1.807) is 18.3 Å². The number of nitrogens with zero attached hydrogens (tertiary/aromatic N) is 1. The largest absolute Gasteiger partial charge is 0.321 e. The third-order valence-electron chi connectivity index (χ3n) is 1.39. The lowest BCUT2D eigenvalue weighted by Crippen LogP contribution is -2.06. The summed E-state index contributed by atoms with van der Waals surface area (Å²) in [4.78, 5) is 3.83. The minimum Gasteiger partial charge on any atom is -0.321 e. The summed E-state index contributed by atoms with van der Waals surface area (Å²) in [5.41, 5.74) is 6.59. The van der Waals surface area contributed by atoms with Crippen molar-refractivity contribution in [3.05, 3.63) is 41.7 Å². The molecule has 0 spiro atoms. The van der Waals surface area contributed by atoms with Gasteiger partial charge in [0.1, 0.15) is 5.15 Å². The lowest BCUT2D eigenvalue weighted by molar-refractivity contribution is 0.910. The molecule has 58 valence electrons. The van der Waals surface area contributed by atoms with Crippen LogP contribution in [0.25, 0.3) is 0 Å². The molecule has 0 amide bonds. The maximum Gasteiger partial charge on any atom is 0.129 e. The molecule has 1 aromatic rings. The molecule has 0 aliphatic heterocycles. The van der Waals surface area contributed by atoms with Crippen LogP contribution in [0.2, 0.25) is 5.15 Å². The second-order valence-electron chi connectivity index (χ2n) is 2.17. The van der Waals surface area contributed by atoms with Crippen LogP contribution in [-0.2, 0) is 0 Å². The molecule has 1 rings (SSSR count). The predicted octanol–water partition coefficient (Wildman–Crippen LogP) is 1.92. The van der Waals surface area contributed by atoms with Crippen molar-refractivity contribution in [3.8, 4) is 0 Å². The van der Waals surface area contributed by atoms with Gasteiger partial charge in [-0.3, -0.25) is 0 Å². The summed E-state index contributed by atoms with van der Waals surface area (Å²) in [5.74, 6) is 0. The predicted molar refractivity (Wildman–Crippen MR) is 46.4 cm³/mol. The molecule has 0 aliphatic carbocycles. The summed E-state index contributed by atoms with van der Waals surface area (Å²) >= 11 is 5.64. The number of rotatable bonds is 2. The van der Waals surface area contributed by atoms with E-state index in [1.165, 1.54) is 0 Å². The number of hydrogen-bond donors (Lipinski definition) is 1. The zero-order valence-corrected chi connectivity index (χ0v) is 6.75. The molecule has 0 fully saturated rings. The van der Waals surface area contributed by atoms with E-state index in [9.17, 15) is 0 Å². The molecule has 1 aromatic heterocycles. The Kier molecular flexibility index (Phi) is 2.63. The monoisotopic (exact) mass is 168 g/mol. The van der Waals surface area contributed by atoms with E-state index >= 15 is 0 Å². The first kappa shape index (κ1) is 8.24. The van der Waals surface area contributed by atoms with Crippen molar-refractivity contribution in [2.75, 3.05) is 0 Å². The van der Waals surface area contributed by atoms with E-state index in [0.29, 0.717) is 5.15 Å². The van der Waals surface area contributed by atoms with Crippen LogP contribution in [0.1, 0.15) is 11.6 Å². The molecule has 1 unspecified atom stereocenters. The van der Waals surface area contributed by atoms with Crippen LogP contribution in [0.15, 0.2) is 31.0 Å². The fraction of sp³-hybridized carbons (Fsp3) is 0.125. The van der Waals surface area contributed by atoms with Gasteiger partial charge in [0.15, 0.2) is 0 Å². The van der Waals surface area contributed by atoms with Gasteiger partial charge in [-0.1, -0.05) is 17.7 Å².